The van der Waals surface area contributed by atoms with Gasteiger partial charge in [0.05, 0.1) is 16.3 Å². The molecule has 0 bridgehead atoms. The first kappa shape index (κ1) is 11.8. The third kappa shape index (κ3) is 2.21. The second kappa shape index (κ2) is 3.96. The van der Waals surface area contributed by atoms with Crippen molar-refractivity contribution in [3.05, 3.63) is 41.2 Å². The Morgan fingerprint density at radius 2 is 2.00 bits per heavy atom. The van der Waals surface area contributed by atoms with Crippen LogP contribution in [-0.4, -0.2) is 9.55 Å². The average Bonchev–Trinajstić information content (AvgIpc) is 2.63. The van der Waals surface area contributed by atoms with E-state index in [9.17, 15) is 13.2 Å². The second-order valence-corrected chi connectivity index (χ2v) is 3.73. The normalized spacial score (nSPS) is 11.8. The summed E-state index contributed by atoms with van der Waals surface area (Å²) in [6.45, 7) is 0. The van der Waals surface area contributed by atoms with Crippen molar-refractivity contribution in [1.82, 2.24) is 9.55 Å². The predicted octanol–water partition coefficient (Wildman–Crippen LogP) is 3.13. The highest BCUT2D eigenvalue weighted by molar-refractivity contribution is 6.32. The Balaban J connectivity index is 2.50. The maximum atomic E-state index is 12.4. The van der Waals surface area contributed by atoms with E-state index in [1.807, 2.05) is 0 Å². The summed E-state index contributed by atoms with van der Waals surface area (Å²) in [6, 6.07) is 3.06. The molecule has 2 aromatic rings. The number of nitrogens with two attached hydrogens (primary N) is 1. The molecule has 0 amide bonds. The van der Waals surface area contributed by atoms with Gasteiger partial charge in [0.1, 0.15) is 0 Å². The summed E-state index contributed by atoms with van der Waals surface area (Å²) in [6.07, 6.45) is -1.46. The lowest BCUT2D eigenvalue weighted by molar-refractivity contribution is -0.137. The van der Waals surface area contributed by atoms with Crippen molar-refractivity contribution in [1.29, 1.82) is 0 Å². The van der Waals surface area contributed by atoms with Crippen LogP contribution < -0.4 is 5.73 Å². The van der Waals surface area contributed by atoms with E-state index in [0.717, 1.165) is 12.1 Å². The summed E-state index contributed by atoms with van der Waals surface area (Å²) >= 11 is 5.79. The second-order valence-electron chi connectivity index (χ2n) is 3.32. The zero-order valence-electron chi connectivity index (χ0n) is 8.37. The quantitative estimate of drug-likeness (QED) is 0.857. The molecule has 90 valence electrons. The SMILES string of the molecule is Nc1nccn1-c1ccc(C(F)(F)F)cc1Cl. The minimum atomic E-state index is -4.41. The molecule has 0 saturated heterocycles. The molecule has 0 radical (unpaired) electrons. The molecule has 1 aromatic heterocycles. The summed E-state index contributed by atoms with van der Waals surface area (Å²) in [4.78, 5) is 3.77. The van der Waals surface area contributed by atoms with Gasteiger partial charge in [-0.25, -0.2) is 4.98 Å². The van der Waals surface area contributed by atoms with Gasteiger partial charge in [-0.15, -0.1) is 0 Å². The van der Waals surface area contributed by atoms with Crippen molar-refractivity contribution in [2.75, 3.05) is 5.73 Å². The van der Waals surface area contributed by atoms with E-state index >= 15 is 0 Å². The summed E-state index contributed by atoms with van der Waals surface area (Å²) < 4.78 is 38.7. The van der Waals surface area contributed by atoms with Gasteiger partial charge in [-0.3, -0.25) is 4.57 Å². The van der Waals surface area contributed by atoms with Gasteiger partial charge in [0.15, 0.2) is 0 Å². The van der Waals surface area contributed by atoms with Gasteiger partial charge in [-0.1, -0.05) is 11.6 Å². The minimum absolute atomic E-state index is 0.0375. The van der Waals surface area contributed by atoms with Gasteiger partial charge < -0.3 is 5.73 Å². The van der Waals surface area contributed by atoms with Crippen molar-refractivity contribution in [2.24, 2.45) is 0 Å². The number of anilines is 1. The van der Waals surface area contributed by atoms with Gasteiger partial charge in [0, 0.05) is 12.4 Å². The molecule has 0 aliphatic carbocycles. The average molecular weight is 262 g/mol. The third-order valence-electron chi connectivity index (χ3n) is 2.20. The number of alkyl halides is 3. The van der Waals surface area contributed by atoms with Crippen molar-refractivity contribution < 1.29 is 13.2 Å². The molecule has 0 atom stereocenters. The van der Waals surface area contributed by atoms with Crippen LogP contribution in [-0.2, 0) is 6.18 Å². The molecule has 0 unspecified atom stereocenters. The lowest BCUT2D eigenvalue weighted by Gasteiger charge is -2.11. The van der Waals surface area contributed by atoms with Crippen molar-refractivity contribution in [3.63, 3.8) is 0 Å². The smallest absolute Gasteiger partial charge is 0.369 e. The zero-order valence-corrected chi connectivity index (χ0v) is 9.13. The number of nitrogens with zero attached hydrogens (tertiary/aromatic N) is 2. The topological polar surface area (TPSA) is 43.8 Å². The first-order valence-electron chi connectivity index (χ1n) is 4.55. The van der Waals surface area contributed by atoms with Gasteiger partial charge in [0.2, 0.25) is 5.95 Å². The maximum Gasteiger partial charge on any atom is 0.416 e. The first-order chi connectivity index (χ1) is 7.89. The fourth-order valence-electron chi connectivity index (χ4n) is 1.40. The number of halogens is 4. The number of benzene rings is 1. The molecular formula is C10H7ClF3N3. The Hall–Kier alpha value is -1.69. The van der Waals surface area contributed by atoms with Crippen LogP contribution in [0.2, 0.25) is 5.02 Å². The Kier molecular flexibility index (Phi) is 2.74. The van der Waals surface area contributed by atoms with Crippen LogP contribution >= 0.6 is 11.6 Å². The molecule has 1 heterocycles. The van der Waals surface area contributed by atoms with Crippen LogP contribution in [0.1, 0.15) is 5.56 Å². The molecule has 0 aliphatic heterocycles. The largest absolute Gasteiger partial charge is 0.416 e. The monoisotopic (exact) mass is 261 g/mol. The molecule has 2 rings (SSSR count). The van der Waals surface area contributed by atoms with Gasteiger partial charge in [0.25, 0.3) is 0 Å². The van der Waals surface area contributed by atoms with Crippen LogP contribution in [0.25, 0.3) is 5.69 Å². The Morgan fingerprint density at radius 3 is 2.47 bits per heavy atom. The molecule has 0 saturated carbocycles. The first-order valence-corrected chi connectivity index (χ1v) is 4.93. The van der Waals surface area contributed by atoms with Crippen LogP contribution in [0, 0.1) is 0 Å². The van der Waals surface area contributed by atoms with E-state index in [4.69, 9.17) is 17.3 Å². The number of nitrogen functional groups attached to an aromatic ring is 1. The summed E-state index contributed by atoms with van der Waals surface area (Å²) in [5.41, 5.74) is 5.09. The number of rotatable bonds is 1. The molecule has 3 nitrogen and oxygen atoms in total. The molecule has 1 aromatic carbocycles. The predicted molar refractivity (Wildman–Crippen MR) is 58.0 cm³/mol. The lowest BCUT2D eigenvalue weighted by Crippen LogP contribution is -2.06. The summed E-state index contributed by atoms with van der Waals surface area (Å²) in [7, 11) is 0. The van der Waals surface area contributed by atoms with Crippen LogP contribution in [0.15, 0.2) is 30.6 Å². The number of hydrogen-bond acceptors (Lipinski definition) is 2. The van der Waals surface area contributed by atoms with Crippen LogP contribution in [0.5, 0.6) is 0 Å². The molecule has 2 N–H and O–H groups in total. The van der Waals surface area contributed by atoms with Gasteiger partial charge in [-0.2, -0.15) is 13.2 Å². The minimum Gasteiger partial charge on any atom is -0.369 e. The van der Waals surface area contributed by atoms with E-state index < -0.39 is 11.7 Å². The van der Waals surface area contributed by atoms with Crippen molar-refractivity contribution in [2.45, 2.75) is 6.18 Å². The fraction of sp³-hybridized carbons (Fsp3) is 0.100. The Bertz CT molecular complexity index is 548. The van der Waals surface area contributed by atoms with Crippen LogP contribution in [0.3, 0.4) is 0 Å². The zero-order chi connectivity index (χ0) is 12.6. The molecule has 0 fully saturated rings. The number of aromatic nitrogens is 2. The number of hydrogen-bond donors (Lipinski definition) is 1. The lowest BCUT2D eigenvalue weighted by atomic mass is 10.2. The molecular weight excluding hydrogens is 255 g/mol. The van der Waals surface area contributed by atoms with Crippen molar-refractivity contribution in [3.8, 4) is 5.69 Å². The van der Waals surface area contributed by atoms with Crippen molar-refractivity contribution >= 4 is 17.5 Å². The molecule has 0 spiro atoms. The van der Waals surface area contributed by atoms with E-state index in [-0.39, 0.29) is 11.0 Å². The van der Waals surface area contributed by atoms with E-state index in [1.165, 1.54) is 23.0 Å². The number of imidazole rings is 1. The highest BCUT2D eigenvalue weighted by atomic mass is 35.5. The maximum absolute atomic E-state index is 12.4. The van der Waals surface area contributed by atoms with E-state index in [2.05, 4.69) is 4.98 Å². The van der Waals surface area contributed by atoms with Gasteiger partial charge in [-0.05, 0) is 18.2 Å². The summed E-state index contributed by atoms with van der Waals surface area (Å²) in [5.74, 6) is 0.159. The molecule has 0 aliphatic rings. The summed E-state index contributed by atoms with van der Waals surface area (Å²) in [5, 5.41) is -0.0375. The Labute approximate surface area is 99.6 Å². The Morgan fingerprint density at radius 1 is 1.29 bits per heavy atom. The van der Waals surface area contributed by atoms with Gasteiger partial charge >= 0.3 is 6.18 Å². The highest BCUT2D eigenvalue weighted by Gasteiger charge is 2.31. The van der Waals surface area contributed by atoms with Crippen LogP contribution in [0.4, 0.5) is 19.1 Å². The fourth-order valence-corrected chi connectivity index (χ4v) is 1.67. The molecule has 17 heavy (non-hydrogen) atoms. The highest BCUT2D eigenvalue weighted by Crippen LogP contribution is 2.33. The van der Waals surface area contributed by atoms with E-state index in [0.29, 0.717) is 5.69 Å². The molecule has 7 heteroatoms. The standard InChI is InChI=1S/C10H7ClF3N3/c11-7-5-6(10(12,13)14)1-2-8(7)17-4-3-16-9(17)15/h1-5H,(H2,15,16). The third-order valence-corrected chi connectivity index (χ3v) is 2.51. The van der Waals surface area contributed by atoms with E-state index in [1.54, 1.807) is 0 Å².